The number of aromatic nitrogens is 4. The second-order valence-electron chi connectivity index (χ2n) is 16.8. The number of imidazole rings is 2. The van der Waals surface area contributed by atoms with Crippen molar-refractivity contribution < 1.29 is 33.4 Å². The number of nitrogens with zero attached hydrogens (tertiary/aromatic N) is 4. The second kappa shape index (κ2) is 16.3. The minimum Gasteiger partial charge on any atom is -0.457 e. The monoisotopic (exact) mass is 806 g/mol. The number of amides is 4. The minimum atomic E-state index is -0.750. The molecule has 4 atom stereocenters. The Hall–Kier alpha value is -6.12. The molecule has 4 aromatic rings. The topological polar surface area (TPSA) is 184 Å². The first kappa shape index (κ1) is 41.1. The Kier molecular flexibility index (Phi) is 11.3. The number of carbonyl (C=O) groups excluding carboxylic acids is 4. The minimum absolute atomic E-state index is 0.124. The van der Waals surface area contributed by atoms with E-state index in [9.17, 15) is 19.2 Å². The van der Waals surface area contributed by atoms with Crippen LogP contribution in [0.3, 0.4) is 0 Å². The fraction of sp³-hybridized carbons (Fsp3) is 0.455. The fourth-order valence-electron chi connectivity index (χ4n) is 8.41. The van der Waals surface area contributed by atoms with Gasteiger partial charge in [-0.05, 0) is 55.9 Å². The molecule has 7 rings (SSSR count). The Balaban J connectivity index is 1.09. The maximum absolute atomic E-state index is 13.8. The number of hydrogen-bond donors (Lipinski definition) is 4. The molecule has 0 aliphatic carbocycles. The van der Waals surface area contributed by atoms with Crippen molar-refractivity contribution in [1.82, 2.24) is 40.4 Å². The molecule has 0 unspecified atom stereocenters. The van der Waals surface area contributed by atoms with Gasteiger partial charge in [-0.1, -0.05) is 65.3 Å². The molecule has 15 heteroatoms. The third-order valence-corrected chi connectivity index (χ3v) is 11.7. The van der Waals surface area contributed by atoms with Crippen molar-refractivity contribution >= 4 is 24.0 Å². The number of alkyl carbamates (subject to hydrolysis) is 2. The van der Waals surface area contributed by atoms with E-state index in [2.05, 4.69) is 52.6 Å². The lowest BCUT2D eigenvalue weighted by Gasteiger charge is -2.35. The van der Waals surface area contributed by atoms with Gasteiger partial charge in [0, 0.05) is 40.8 Å². The first-order valence-electron chi connectivity index (χ1n) is 20.2. The van der Waals surface area contributed by atoms with Gasteiger partial charge in [-0.3, -0.25) is 9.59 Å². The molecule has 4 N–H and O–H groups in total. The van der Waals surface area contributed by atoms with Crippen molar-refractivity contribution in [1.29, 1.82) is 0 Å². The van der Waals surface area contributed by atoms with Crippen LogP contribution in [0.15, 0.2) is 60.4 Å². The zero-order chi connectivity index (χ0) is 42.3. The number of fused-ring (bicyclic) bond motifs is 2. The summed E-state index contributed by atoms with van der Waals surface area (Å²) in [7, 11) is 2.57. The van der Waals surface area contributed by atoms with Gasteiger partial charge in [-0.15, -0.1) is 0 Å². The van der Waals surface area contributed by atoms with Gasteiger partial charge in [0.15, 0.2) is 0 Å². The Morgan fingerprint density at radius 1 is 0.797 bits per heavy atom. The van der Waals surface area contributed by atoms with Crippen molar-refractivity contribution in [2.45, 2.75) is 90.9 Å². The van der Waals surface area contributed by atoms with E-state index in [-0.39, 0.29) is 29.7 Å². The highest BCUT2D eigenvalue weighted by molar-refractivity contribution is 5.87. The standard InChI is InChI=1S/C44H54N8O7/c1-23(2)36(49-42(55)57-8)40(53)51-16-10-11-32(51)38-45-21-31(47-38)27-12-14-28-35(19-27)59-34-15-13-26(18-29(34)44(28,6)7)30-20-46-39(48-30)33-17-25(5)22-52(33)41(54)37(24(3)4)50-43(56)58-9/h12-15,17-21,23-24,32-33,36-37H,10-11,16,22H2,1-9H3,(H,45,47)(H,46,48)(H,49,55)(H,50,56)/t32-,33-,36-,37-/m0/s1. The first-order valence-corrected chi connectivity index (χ1v) is 20.2. The predicted octanol–water partition coefficient (Wildman–Crippen LogP) is 7.15. The summed E-state index contributed by atoms with van der Waals surface area (Å²) in [4.78, 5) is 71.5. The highest BCUT2D eigenvalue weighted by Gasteiger charge is 2.40. The van der Waals surface area contributed by atoms with Crippen LogP contribution in [0, 0.1) is 11.8 Å². The molecule has 0 saturated carbocycles. The molecule has 1 saturated heterocycles. The molecule has 15 nitrogen and oxygen atoms in total. The number of benzene rings is 2. The van der Waals surface area contributed by atoms with E-state index < -0.39 is 35.7 Å². The maximum Gasteiger partial charge on any atom is 0.407 e. The van der Waals surface area contributed by atoms with Gasteiger partial charge < -0.3 is 44.6 Å². The van der Waals surface area contributed by atoms with Gasteiger partial charge in [0.2, 0.25) is 11.8 Å². The highest BCUT2D eigenvalue weighted by atomic mass is 16.5. The summed E-state index contributed by atoms with van der Waals surface area (Å²) in [6.45, 7) is 14.9. The van der Waals surface area contributed by atoms with Gasteiger partial charge in [-0.25, -0.2) is 19.6 Å². The number of aromatic amines is 2. The SMILES string of the molecule is COC(=O)N[C@H](C(=O)N1CC(C)=C[C@H]1c1ncc(-c2ccc3c(c2)C(C)(C)c2ccc(-c4cnc([C@@H]5CCCN5C(=O)[C@@H](NC(=O)OC)C(C)C)[nH]4)cc2O3)[nH]1)C(C)C. The molecule has 59 heavy (non-hydrogen) atoms. The third-order valence-electron chi connectivity index (χ3n) is 11.7. The molecule has 0 radical (unpaired) electrons. The van der Waals surface area contributed by atoms with Crippen molar-refractivity contribution in [3.63, 3.8) is 0 Å². The number of H-pyrrole nitrogens is 2. The molecule has 4 amide bonds. The summed E-state index contributed by atoms with van der Waals surface area (Å²) >= 11 is 0. The van der Waals surface area contributed by atoms with E-state index in [1.165, 1.54) is 14.2 Å². The van der Waals surface area contributed by atoms with Gasteiger partial charge in [-0.2, -0.15) is 0 Å². The first-order chi connectivity index (χ1) is 28.1. The average Bonchev–Trinajstić information content (AvgIpc) is 4.05. The van der Waals surface area contributed by atoms with E-state index in [1.54, 1.807) is 22.2 Å². The molecule has 3 aliphatic rings. The van der Waals surface area contributed by atoms with E-state index in [0.717, 1.165) is 63.6 Å². The van der Waals surface area contributed by atoms with Crippen LogP contribution in [-0.4, -0.2) is 93.1 Å². The summed E-state index contributed by atoms with van der Waals surface area (Å²) < 4.78 is 16.1. The number of hydrogen-bond acceptors (Lipinski definition) is 9. The number of rotatable bonds is 10. The Morgan fingerprint density at radius 2 is 1.37 bits per heavy atom. The van der Waals surface area contributed by atoms with Crippen LogP contribution in [0.2, 0.25) is 0 Å². The van der Waals surface area contributed by atoms with Gasteiger partial charge in [0.1, 0.15) is 41.3 Å². The number of nitrogens with one attached hydrogen (secondary N) is 4. The Bertz CT molecular complexity index is 2290. The van der Waals surface area contributed by atoms with E-state index >= 15 is 0 Å². The molecule has 3 aliphatic heterocycles. The molecule has 0 spiro atoms. The zero-order valence-corrected chi connectivity index (χ0v) is 35.1. The largest absolute Gasteiger partial charge is 0.457 e. The van der Waals surface area contributed by atoms with Crippen LogP contribution >= 0.6 is 0 Å². The summed E-state index contributed by atoms with van der Waals surface area (Å²) in [6.07, 6.45) is 5.89. The quantitative estimate of drug-likeness (QED) is 0.121. The lowest BCUT2D eigenvalue weighted by Crippen LogP contribution is -2.51. The van der Waals surface area contributed by atoms with Crippen molar-refractivity contribution in [3.05, 3.63) is 83.2 Å². The normalized spacial score (nSPS) is 19.1. The van der Waals surface area contributed by atoms with Crippen LogP contribution in [0.1, 0.15) is 96.2 Å². The predicted molar refractivity (Wildman–Crippen MR) is 220 cm³/mol. The molecule has 5 heterocycles. The van der Waals surface area contributed by atoms with E-state index in [1.807, 2.05) is 58.9 Å². The Labute approximate surface area is 344 Å². The Morgan fingerprint density at radius 3 is 2.00 bits per heavy atom. The number of methoxy groups -OCH3 is 2. The molecule has 1 fully saturated rings. The van der Waals surface area contributed by atoms with Gasteiger partial charge >= 0.3 is 12.2 Å². The highest BCUT2D eigenvalue weighted by Crippen LogP contribution is 2.50. The van der Waals surface area contributed by atoms with E-state index in [0.29, 0.717) is 24.7 Å². The average molecular weight is 807 g/mol. The number of ether oxygens (including phenoxy) is 3. The van der Waals surface area contributed by atoms with Crippen LogP contribution < -0.4 is 15.4 Å². The zero-order valence-electron chi connectivity index (χ0n) is 35.1. The lowest BCUT2D eigenvalue weighted by molar-refractivity contribution is -0.136. The lowest BCUT2D eigenvalue weighted by atomic mass is 9.75. The fourth-order valence-corrected chi connectivity index (χ4v) is 8.41. The van der Waals surface area contributed by atoms with Crippen LogP contribution in [0.5, 0.6) is 11.5 Å². The van der Waals surface area contributed by atoms with Crippen LogP contribution in [0.4, 0.5) is 9.59 Å². The van der Waals surface area contributed by atoms with Gasteiger partial charge in [0.25, 0.3) is 0 Å². The van der Waals surface area contributed by atoms with E-state index in [4.69, 9.17) is 24.2 Å². The molecule has 2 aromatic carbocycles. The molecular weight excluding hydrogens is 753 g/mol. The smallest absolute Gasteiger partial charge is 0.407 e. The van der Waals surface area contributed by atoms with Gasteiger partial charge in [0.05, 0.1) is 44.0 Å². The summed E-state index contributed by atoms with van der Waals surface area (Å²) in [5.41, 5.74) is 6.09. The molecular formula is C44H54N8O7. The maximum atomic E-state index is 13.8. The summed E-state index contributed by atoms with van der Waals surface area (Å²) in [5.74, 6) is 2.17. The molecule has 2 aromatic heterocycles. The van der Waals surface area contributed by atoms with Crippen LogP contribution in [0.25, 0.3) is 22.5 Å². The van der Waals surface area contributed by atoms with Crippen molar-refractivity contribution in [2.24, 2.45) is 11.8 Å². The summed E-state index contributed by atoms with van der Waals surface area (Å²) in [6, 6.07) is 10.1. The number of likely N-dealkylation sites (tertiary alicyclic amines) is 1. The van der Waals surface area contributed by atoms with Crippen molar-refractivity contribution in [3.8, 4) is 34.0 Å². The van der Waals surface area contributed by atoms with Crippen molar-refractivity contribution in [2.75, 3.05) is 27.3 Å². The molecule has 312 valence electrons. The third kappa shape index (κ3) is 7.89. The van der Waals surface area contributed by atoms with Crippen LogP contribution in [-0.2, 0) is 24.5 Å². The summed E-state index contributed by atoms with van der Waals surface area (Å²) in [5, 5.41) is 5.40. The second-order valence-corrected chi connectivity index (χ2v) is 16.8. The molecule has 0 bridgehead atoms. The number of carbonyl (C=O) groups is 4.